The van der Waals surface area contributed by atoms with Crippen LogP contribution in [0.5, 0.6) is 0 Å². The maximum Gasteiger partial charge on any atom is 0.410 e. The summed E-state index contributed by atoms with van der Waals surface area (Å²) in [5, 5.41) is 8.46. The predicted molar refractivity (Wildman–Crippen MR) is 117 cm³/mol. The van der Waals surface area contributed by atoms with Gasteiger partial charge >= 0.3 is 6.09 Å². The summed E-state index contributed by atoms with van der Waals surface area (Å²) >= 11 is 0. The van der Waals surface area contributed by atoms with Crippen LogP contribution in [0.25, 0.3) is 0 Å². The van der Waals surface area contributed by atoms with Gasteiger partial charge in [0.1, 0.15) is 6.61 Å². The number of carbonyl (C=O) groups is 1. The number of fused-ring (bicyclic) bond motifs is 1. The lowest BCUT2D eigenvalue weighted by molar-refractivity contribution is 0.0847. The van der Waals surface area contributed by atoms with Crippen LogP contribution in [0.4, 0.5) is 4.79 Å². The highest BCUT2D eigenvalue weighted by Crippen LogP contribution is 2.18. The van der Waals surface area contributed by atoms with E-state index in [4.69, 9.17) is 15.2 Å². The van der Waals surface area contributed by atoms with Gasteiger partial charge in [-0.3, -0.25) is 4.90 Å². The van der Waals surface area contributed by atoms with Crippen molar-refractivity contribution in [3.63, 3.8) is 0 Å². The molecule has 1 amide bonds. The van der Waals surface area contributed by atoms with Crippen molar-refractivity contribution in [3.8, 4) is 0 Å². The zero-order valence-electron chi connectivity index (χ0n) is 17.1. The van der Waals surface area contributed by atoms with Crippen LogP contribution >= 0.6 is 12.4 Å². The highest BCUT2D eigenvalue weighted by molar-refractivity contribution is 5.85. The molecular weight excluding hydrogens is 418 g/mol. The molecule has 2 aromatic carbocycles. The molecule has 0 spiro atoms. The molecule has 2 heterocycles. The highest BCUT2D eigenvalue weighted by atomic mass is 35.5. The van der Waals surface area contributed by atoms with E-state index in [1.807, 2.05) is 65.2 Å². The first-order valence-corrected chi connectivity index (χ1v) is 9.95. The molecule has 8 nitrogen and oxygen atoms in total. The van der Waals surface area contributed by atoms with Crippen molar-refractivity contribution in [2.75, 3.05) is 13.2 Å². The molecule has 3 aromatic rings. The second-order valence-electron chi connectivity index (χ2n) is 7.20. The van der Waals surface area contributed by atoms with Gasteiger partial charge in [-0.2, -0.15) is 0 Å². The summed E-state index contributed by atoms with van der Waals surface area (Å²) in [5.74, 6) is 1.38. The van der Waals surface area contributed by atoms with Crippen molar-refractivity contribution in [2.45, 2.75) is 32.3 Å². The number of amides is 1. The number of rotatable bonds is 7. The van der Waals surface area contributed by atoms with Gasteiger partial charge in [0, 0.05) is 13.1 Å². The zero-order chi connectivity index (χ0) is 20.8. The van der Waals surface area contributed by atoms with Crippen molar-refractivity contribution < 1.29 is 14.3 Å². The van der Waals surface area contributed by atoms with Crippen molar-refractivity contribution in [1.29, 1.82) is 0 Å². The Morgan fingerprint density at radius 3 is 2.29 bits per heavy atom. The first-order chi connectivity index (χ1) is 14.7. The normalized spacial score (nSPS) is 13.8. The largest absolute Gasteiger partial charge is 0.445 e. The van der Waals surface area contributed by atoms with E-state index in [1.165, 1.54) is 0 Å². The van der Waals surface area contributed by atoms with Crippen LogP contribution in [0.1, 0.15) is 28.8 Å². The molecule has 4 rings (SSSR count). The van der Waals surface area contributed by atoms with Gasteiger partial charge in [-0.1, -0.05) is 60.7 Å². The van der Waals surface area contributed by atoms with Gasteiger partial charge in [0.05, 0.1) is 25.8 Å². The van der Waals surface area contributed by atoms with E-state index in [-0.39, 0.29) is 31.1 Å². The minimum Gasteiger partial charge on any atom is -0.445 e. The Morgan fingerprint density at radius 1 is 0.968 bits per heavy atom. The van der Waals surface area contributed by atoms with Crippen molar-refractivity contribution in [2.24, 2.45) is 5.73 Å². The third-order valence-corrected chi connectivity index (χ3v) is 4.99. The number of hydrogen-bond donors (Lipinski definition) is 1. The van der Waals surface area contributed by atoms with E-state index in [0.29, 0.717) is 44.5 Å². The summed E-state index contributed by atoms with van der Waals surface area (Å²) in [7, 11) is 0. The Kier molecular flexibility index (Phi) is 8.00. The molecule has 0 bridgehead atoms. The van der Waals surface area contributed by atoms with Gasteiger partial charge in [-0.15, -0.1) is 22.6 Å². The van der Waals surface area contributed by atoms with Crippen molar-refractivity contribution in [3.05, 3.63) is 83.4 Å². The molecule has 31 heavy (non-hydrogen) atoms. The molecule has 9 heteroatoms. The van der Waals surface area contributed by atoms with Crippen LogP contribution in [-0.2, 0) is 35.8 Å². The number of benzene rings is 2. The number of nitrogens with two attached hydrogens (primary N) is 1. The van der Waals surface area contributed by atoms with Gasteiger partial charge in [-0.25, -0.2) is 4.79 Å². The quantitative estimate of drug-likeness (QED) is 0.603. The molecule has 1 atom stereocenters. The molecule has 1 aliphatic heterocycles. The second-order valence-corrected chi connectivity index (χ2v) is 7.20. The average molecular weight is 444 g/mol. The molecule has 164 valence electrons. The molecule has 0 aliphatic carbocycles. The number of hydrogen-bond acceptors (Lipinski definition) is 6. The Morgan fingerprint density at radius 2 is 1.61 bits per heavy atom. The SMILES string of the molecule is Cl.NC(COCc1ccccc1)c1nnc2n1CCN(C(=O)OCc1ccccc1)C2. The van der Waals surface area contributed by atoms with E-state index in [9.17, 15) is 4.79 Å². The summed E-state index contributed by atoms with van der Waals surface area (Å²) in [4.78, 5) is 14.0. The highest BCUT2D eigenvalue weighted by Gasteiger charge is 2.27. The fourth-order valence-corrected chi connectivity index (χ4v) is 3.37. The van der Waals surface area contributed by atoms with E-state index in [0.717, 1.165) is 11.1 Å². The van der Waals surface area contributed by atoms with E-state index < -0.39 is 0 Å². The van der Waals surface area contributed by atoms with Gasteiger partial charge in [0.2, 0.25) is 0 Å². The Balaban J connectivity index is 0.00000272. The van der Waals surface area contributed by atoms with E-state index in [1.54, 1.807) is 4.90 Å². The fourth-order valence-electron chi connectivity index (χ4n) is 3.37. The topological polar surface area (TPSA) is 95.5 Å². The van der Waals surface area contributed by atoms with Crippen LogP contribution in [0.15, 0.2) is 60.7 Å². The molecule has 1 aliphatic rings. The maximum absolute atomic E-state index is 12.4. The van der Waals surface area contributed by atoms with E-state index in [2.05, 4.69) is 10.2 Å². The number of nitrogens with zero attached hydrogens (tertiary/aromatic N) is 4. The molecule has 1 unspecified atom stereocenters. The third-order valence-electron chi connectivity index (χ3n) is 4.99. The van der Waals surface area contributed by atoms with Gasteiger partial charge in [-0.05, 0) is 11.1 Å². The van der Waals surface area contributed by atoms with Crippen molar-refractivity contribution >= 4 is 18.5 Å². The molecule has 1 aromatic heterocycles. The maximum atomic E-state index is 12.4. The Labute approximate surface area is 187 Å². The van der Waals surface area contributed by atoms with E-state index >= 15 is 0 Å². The first kappa shape index (κ1) is 22.7. The predicted octanol–water partition coefficient (Wildman–Crippen LogP) is 3.07. The minimum atomic E-state index is -0.383. The van der Waals surface area contributed by atoms with Crippen LogP contribution in [0.3, 0.4) is 0 Å². The number of halogens is 1. The lowest BCUT2D eigenvalue weighted by Gasteiger charge is -2.27. The van der Waals surface area contributed by atoms with Crippen LogP contribution in [-0.4, -0.2) is 38.9 Å². The first-order valence-electron chi connectivity index (χ1n) is 9.95. The number of aromatic nitrogens is 3. The molecule has 2 N–H and O–H groups in total. The molecule has 0 saturated heterocycles. The lowest BCUT2D eigenvalue weighted by Crippen LogP contribution is -2.39. The average Bonchev–Trinajstić information content (AvgIpc) is 3.22. The summed E-state index contributed by atoms with van der Waals surface area (Å²) in [6.45, 7) is 2.52. The molecule has 0 radical (unpaired) electrons. The fraction of sp³-hybridized carbons (Fsp3) is 0.318. The standard InChI is InChI=1S/C22H25N5O3.ClH/c23-19(16-29-14-17-7-3-1-4-8-17)21-25-24-20-13-26(11-12-27(20)21)22(28)30-15-18-9-5-2-6-10-18;/h1-10,19H,11-16,23H2;1H. The van der Waals surface area contributed by atoms with Crippen LogP contribution in [0.2, 0.25) is 0 Å². The van der Waals surface area contributed by atoms with Gasteiger partial charge < -0.3 is 19.8 Å². The van der Waals surface area contributed by atoms with Gasteiger partial charge in [0.15, 0.2) is 11.6 Å². The summed E-state index contributed by atoms with van der Waals surface area (Å²) in [5.41, 5.74) is 8.33. The Hall–Kier alpha value is -2.94. The molecular formula is C22H26ClN5O3. The smallest absolute Gasteiger partial charge is 0.410 e. The number of ether oxygens (including phenoxy) is 2. The molecule has 0 saturated carbocycles. The summed E-state index contributed by atoms with van der Waals surface area (Å²) in [6, 6.07) is 19.2. The lowest BCUT2D eigenvalue weighted by atomic mass is 10.2. The Bertz CT molecular complexity index is 968. The third kappa shape index (κ3) is 5.81. The summed E-state index contributed by atoms with van der Waals surface area (Å²) in [6.07, 6.45) is -0.356. The number of carbonyl (C=O) groups excluding carboxylic acids is 1. The monoisotopic (exact) mass is 443 g/mol. The zero-order valence-corrected chi connectivity index (χ0v) is 17.9. The molecule has 0 fully saturated rings. The van der Waals surface area contributed by atoms with Crippen LogP contribution < -0.4 is 5.73 Å². The van der Waals surface area contributed by atoms with Crippen LogP contribution in [0, 0.1) is 0 Å². The summed E-state index contributed by atoms with van der Waals surface area (Å²) < 4.78 is 13.1. The second kappa shape index (κ2) is 10.9. The van der Waals surface area contributed by atoms with Crippen molar-refractivity contribution in [1.82, 2.24) is 19.7 Å². The van der Waals surface area contributed by atoms with Gasteiger partial charge in [0.25, 0.3) is 0 Å². The minimum absolute atomic E-state index is 0.